The molecule has 0 radical (unpaired) electrons. The van der Waals surface area contributed by atoms with Crippen molar-refractivity contribution in [1.29, 1.82) is 47.4 Å². The number of fused-ring (bicyclic) bond motifs is 6. The highest BCUT2D eigenvalue weighted by Crippen LogP contribution is 2.46. The predicted octanol–water partition coefficient (Wildman–Crippen LogP) is 17.1. The van der Waals surface area contributed by atoms with Gasteiger partial charge >= 0.3 is 12.4 Å². The van der Waals surface area contributed by atoms with Gasteiger partial charge in [-0.2, -0.15) is 73.7 Å². The molecular weight excluding hydrogens is 1120 g/mol. The minimum Gasteiger partial charge on any atom is -0.307 e. The largest absolute Gasteiger partial charge is 0.416 e. The number of hydrogen-bond acceptors (Lipinski definition) is 9. The number of rotatable bonds is 7. The predicted molar refractivity (Wildman–Crippen MR) is 315 cm³/mol. The van der Waals surface area contributed by atoms with Crippen LogP contribution < -0.4 is 0 Å². The molecule has 0 amide bonds. The second-order valence-electron chi connectivity index (χ2n) is 20.5. The zero-order chi connectivity index (χ0) is 61.9. The van der Waals surface area contributed by atoms with Crippen molar-refractivity contribution >= 4 is 43.6 Å². The van der Waals surface area contributed by atoms with E-state index in [9.17, 15) is 73.7 Å². The molecule has 17 heteroatoms. The van der Waals surface area contributed by atoms with Gasteiger partial charge in [0.05, 0.1) is 149 Å². The summed E-state index contributed by atoms with van der Waals surface area (Å²) in [6.45, 7) is 0. The first-order valence-corrected chi connectivity index (χ1v) is 26.3. The highest BCUT2D eigenvalue weighted by molar-refractivity contribution is 6.14. The Labute approximate surface area is 495 Å². The molecule has 0 fully saturated rings. The Morgan fingerprint density at radius 2 is 0.511 bits per heavy atom. The molecule has 0 aliphatic heterocycles. The summed E-state index contributed by atoms with van der Waals surface area (Å²) in [6, 6.07) is 62.1. The van der Waals surface area contributed by atoms with Crippen LogP contribution in [-0.2, 0) is 12.4 Å². The molecule has 2 aromatic heterocycles. The maximum absolute atomic E-state index is 14.9. The van der Waals surface area contributed by atoms with Crippen LogP contribution in [0.1, 0.15) is 61.2 Å². The molecule has 88 heavy (non-hydrogen) atoms. The minimum atomic E-state index is -5.30. The monoisotopic (exact) mass is 1150 g/mol. The van der Waals surface area contributed by atoms with Gasteiger partial charge in [0.2, 0.25) is 0 Å². The van der Waals surface area contributed by atoms with Crippen molar-refractivity contribution in [3.05, 3.63) is 237 Å². The third kappa shape index (κ3) is 9.69. The first-order valence-electron chi connectivity index (χ1n) is 26.3. The van der Waals surface area contributed by atoms with E-state index in [0.29, 0.717) is 100 Å². The van der Waals surface area contributed by atoms with Gasteiger partial charge in [0, 0.05) is 27.1 Å². The van der Waals surface area contributed by atoms with E-state index in [1.807, 2.05) is 0 Å². The van der Waals surface area contributed by atoms with E-state index >= 15 is 0 Å². The Morgan fingerprint density at radius 3 is 0.750 bits per heavy atom. The maximum atomic E-state index is 14.9. The van der Waals surface area contributed by atoms with Gasteiger partial charge in [-0.1, -0.05) is 48.5 Å². The normalized spacial score (nSPS) is 11.2. The molecule has 12 aromatic rings. The lowest BCUT2D eigenvalue weighted by Gasteiger charge is -2.21. The van der Waals surface area contributed by atoms with Crippen molar-refractivity contribution in [2.24, 2.45) is 0 Å². The second kappa shape index (κ2) is 21.2. The van der Waals surface area contributed by atoms with Crippen LogP contribution in [0.2, 0.25) is 0 Å². The summed E-state index contributed by atoms with van der Waals surface area (Å²) in [5, 5.41) is 94.2. The van der Waals surface area contributed by atoms with Gasteiger partial charge in [0.15, 0.2) is 0 Å². The number of alkyl halides is 6. The summed E-state index contributed by atoms with van der Waals surface area (Å²) in [5.74, 6) is 0. The summed E-state index contributed by atoms with van der Waals surface area (Å²) in [7, 11) is 0. The van der Waals surface area contributed by atoms with Crippen LogP contribution in [0.4, 0.5) is 26.3 Å². The molecule has 0 bridgehead atoms. The highest BCUT2D eigenvalue weighted by Gasteiger charge is 2.38. The summed E-state index contributed by atoms with van der Waals surface area (Å²) < 4.78 is 92.8. The fourth-order valence-electron chi connectivity index (χ4n) is 11.3. The lowest BCUT2D eigenvalue weighted by atomic mass is 9.94. The lowest BCUT2D eigenvalue weighted by Crippen LogP contribution is -2.11. The fourth-order valence-corrected chi connectivity index (χ4v) is 11.3. The van der Waals surface area contributed by atoms with Crippen molar-refractivity contribution < 1.29 is 26.3 Å². The molecule has 11 nitrogen and oxygen atoms in total. The number of nitrogens with zero attached hydrogens (tertiary/aromatic N) is 11. The van der Waals surface area contributed by atoms with Gasteiger partial charge in [-0.25, -0.2) is 0 Å². The van der Waals surface area contributed by atoms with Crippen molar-refractivity contribution in [2.45, 2.75) is 12.4 Å². The molecule has 0 spiro atoms. The van der Waals surface area contributed by atoms with Crippen LogP contribution in [0.25, 0.3) is 111 Å². The van der Waals surface area contributed by atoms with Crippen LogP contribution >= 0.6 is 0 Å². The molecule has 0 atom stereocenters. The van der Waals surface area contributed by atoms with Gasteiger partial charge in [0.25, 0.3) is 0 Å². The molecule has 0 aliphatic carbocycles. The number of halogens is 6. The Balaban J connectivity index is 1.30. The summed E-state index contributed by atoms with van der Waals surface area (Å²) >= 11 is 0. The molecule has 2 heterocycles. The average molecular weight is 1150 g/mol. The standard InChI is InChI=1S/C71H29F6N11/c72-70(73,74)57-21-55(22-58(28-57)71(75,76)77)63-29-69(88-66-25-49(53-17-43(34-82)11-44(18-53)35-83)3-7-61(66)62-8-4-50(26-67(62)88)54-19-45(36-84)12-46(20-54)37-85)68(27-56(63)38-86)87-64-23-47(51-13-39(30-78)9-40(14-51)31-79)1-5-59(64)60-6-2-48(24-65(60)87)52-15-41(32-80)10-42(16-52)33-81/h1-29H. The summed E-state index contributed by atoms with van der Waals surface area (Å²) in [4.78, 5) is 0. The Kier molecular flexibility index (Phi) is 13.3. The Bertz CT molecular complexity index is 5080. The smallest absolute Gasteiger partial charge is 0.307 e. The van der Waals surface area contributed by atoms with E-state index in [-0.39, 0.29) is 73.1 Å². The van der Waals surface area contributed by atoms with E-state index in [1.54, 1.807) is 130 Å². The number of nitriles is 9. The topological polar surface area (TPSA) is 224 Å². The van der Waals surface area contributed by atoms with E-state index in [0.717, 1.165) is 0 Å². The molecule has 12 rings (SSSR count). The van der Waals surface area contributed by atoms with Gasteiger partial charge in [-0.3, -0.25) is 0 Å². The van der Waals surface area contributed by atoms with E-state index < -0.39 is 29.0 Å². The van der Waals surface area contributed by atoms with Gasteiger partial charge < -0.3 is 9.13 Å². The molecule has 0 saturated carbocycles. The molecule has 0 N–H and O–H groups in total. The third-order valence-electron chi connectivity index (χ3n) is 15.2. The zero-order valence-corrected chi connectivity index (χ0v) is 44.9. The summed E-state index contributed by atoms with van der Waals surface area (Å²) in [6.07, 6.45) is -10.6. The van der Waals surface area contributed by atoms with Gasteiger partial charge in [-0.15, -0.1) is 0 Å². The maximum Gasteiger partial charge on any atom is 0.416 e. The first kappa shape index (κ1) is 55.3. The molecule has 0 unspecified atom stereocenters. The highest BCUT2D eigenvalue weighted by atomic mass is 19.4. The third-order valence-corrected chi connectivity index (χ3v) is 15.2. The van der Waals surface area contributed by atoms with Crippen LogP contribution in [-0.4, -0.2) is 9.13 Å². The van der Waals surface area contributed by atoms with Crippen LogP contribution in [0.5, 0.6) is 0 Å². The Morgan fingerprint density at radius 1 is 0.250 bits per heavy atom. The quantitative estimate of drug-likeness (QED) is 0.138. The minimum absolute atomic E-state index is 0.00998. The van der Waals surface area contributed by atoms with Crippen molar-refractivity contribution in [3.8, 4) is 122 Å². The Hall–Kier alpha value is -13.2. The second-order valence-corrected chi connectivity index (χ2v) is 20.5. The fraction of sp³-hybridized carbons (Fsp3) is 0.0282. The lowest BCUT2D eigenvalue weighted by molar-refractivity contribution is -0.143. The zero-order valence-electron chi connectivity index (χ0n) is 44.9. The molecular formula is C71H29F6N11. The van der Waals surface area contributed by atoms with E-state index in [1.165, 1.54) is 36.4 Å². The molecule has 0 saturated heterocycles. The number of benzene rings is 10. The molecule has 410 valence electrons. The van der Waals surface area contributed by atoms with Crippen molar-refractivity contribution in [3.63, 3.8) is 0 Å². The number of hydrogen-bond donors (Lipinski definition) is 0. The molecule has 10 aromatic carbocycles. The molecule has 0 aliphatic rings. The SMILES string of the molecule is N#Cc1cc(C#N)cc(-c2ccc3c4ccc(-c5cc(C#N)cc(C#N)c5)cc4n(-c4cc(C#N)c(-c5cc(C(F)(F)F)cc(C(F)(F)F)c5)cc4-n4c5cc(-c6cc(C#N)cc(C#N)c6)ccc5c5ccc(-c6cc(C#N)cc(C#N)c6)cc54)c3c2)c1. The van der Waals surface area contributed by atoms with Crippen molar-refractivity contribution in [1.82, 2.24) is 9.13 Å². The number of aromatic nitrogens is 2. The van der Waals surface area contributed by atoms with Gasteiger partial charge in [0.1, 0.15) is 0 Å². The van der Waals surface area contributed by atoms with Crippen LogP contribution in [0.15, 0.2) is 176 Å². The van der Waals surface area contributed by atoms with Crippen molar-refractivity contribution in [2.75, 3.05) is 0 Å². The average Bonchev–Trinajstić information content (AvgIpc) is 1.56. The summed E-state index contributed by atoms with van der Waals surface area (Å²) in [5.41, 5.74) is 2.10. The van der Waals surface area contributed by atoms with Gasteiger partial charge in [-0.05, 0) is 177 Å². The van der Waals surface area contributed by atoms with E-state index in [2.05, 4.69) is 54.6 Å². The van der Waals surface area contributed by atoms with E-state index in [4.69, 9.17) is 0 Å². The van der Waals surface area contributed by atoms with Crippen LogP contribution in [0, 0.1) is 102 Å². The first-order chi connectivity index (χ1) is 42.4. The van der Waals surface area contributed by atoms with Crippen LogP contribution in [0.3, 0.4) is 0 Å².